The summed E-state index contributed by atoms with van der Waals surface area (Å²) in [7, 11) is 10.7. The number of hydrogen-bond donors (Lipinski definition) is 0. The van der Waals surface area contributed by atoms with Crippen LogP contribution < -0.4 is 10.4 Å². The summed E-state index contributed by atoms with van der Waals surface area (Å²) in [5.74, 6) is 3.46. The first-order valence-electron chi connectivity index (χ1n) is 27.4. The first-order valence-corrected chi connectivity index (χ1v) is 34.7. The van der Waals surface area contributed by atoms with Gasteiger partial charge in [-0.15, -0.1) is 74.6 Å². The third-order valence-corrected chi connectivity index (χ3v) is 15.7. The van der Waals surface area contributed by atoms with E-state index in [1.165, 1.54) is 110 Å². The molecule has 1 heterocycles. The van der Waals surface area contributed by atoms with Crippen LogP contribution in [0.1, 0.15) is 193 Å². The zero-order valence-corrected chi connectivity index (χ0v) is 53.2. The Morgan fingerprint density at radius 3 is 1.23 bits per heavy atom. The van der Waals surface area contributed by atoms with E-state index >= 15 is 0 Å². The molecule has 0 aromatic heterocycles. The van der Waals surface area contributed by atoms with Crippen molar-refractivity contribution in [1.29, 1.82) is 0 Å². The Balaban J connectivity index is 0.000000186. The van der Waals surface area contributed by atoms with E-state index in [0.717, 1.165) is 22.4 Å². The second kappa shape index (κ2) is 25.6. The Bertz CT molecular complexity index is 2860. The Morgan fingerprint density at radius 1 is 0.486 bits per heavy atom. The van der Waals surface area contributed by atoms with E-state index in [4.69, 9.17) is 17.0 Å². The van der Waals surface area contributed by atoms with Gasteiger partial charge >= 0.3 is 37.9 Å². The quantitative estimate of drug-likeness (QED) is 0.0946. The molecule has 0 spiro atoms. The third-order valence-electron chi connectivity index (χ3n) is 14.3. The number of benzene rings is 6. The molecule has 74 heavy (non-hydrogen) atoms. The Hall–Kier alpha value is -3.78. The van der Waals surface area contributed by atoms with Crippen molar-refractivity contribution < 1.29 is 20.8 Å². The summed E-state index contributed by atoms with van der Waals surface area (Å²) < 4.78 is 0. The van der Waals surface area contributed by atoms with Gasteiger partial charge < -0.3 is 0 Å². The van der Waals surface area contributed by atoms with E-state index < -0.39 is 20.8 Å². The molecule has 1 aliphatic rings. The molecule has 0 N–H and O–H groups in total. The monoisotopic (exact) mass is 1110 g/mol. The van der Waals surface area contributed by atoms with Crippen molar-refractivity contribution in [2.75, 3.05) is 0 Å². The first kappa shape index (κ1) is 59.5. The van der Waals surface area contributed by atoms with Gasteiger partial charge in [-0.3, -0.25) is 0 Å². The van der Waals surface area contributed by atoms with Crippen LogP contribution >= 0.6 is 17.0 Å². The molecular weight excluding hydrogens is 1030 g/mol. The molecule has 0 atom stereocenters. The van der Waals surface area contributed by atoms with E-state index in [0.29, 0.717) is 35.5 Å². The summed E-state index contributed by atoms with van der Waals surface area (Å²) in [5.41, 5.74) is 20.2. The summed E-state index contributed by atoms with van der Waals surface area (Å²) in [6.07, 6.45) is 2.28. The maximum atomic E-state index is 4.93. The van der Waals surface area contributed by atoms with E-state index in [1.54, 1.807) is 0 Å². The topological polar surface area (TPSA) is 0 Å². The minimum Gasteiger partial charge on any atom is -0.184 e. The molecule has 8 aromatic rings. The summed E-state index contributed by atoms with van der Waals surface area (Å²) in [6, 6.07) is 51.9. The minimum atomic E-state index is -0.826. The van der Waals surface area contributed by atoms with Crippen LogP contribution in [-0.4, -0.2) is 9.52 Å². The minimum absolute atomic E-state index is 0.102. The number of halogens is 2. The van der Waals surface area contributed by atoms with Gasteiger partial charge in [0.25, 0.3) is 0 Å². The smallest absolute Gasteiger partial charge is 0.0920 e. The number of hydrogen-bond acceptors (Lipinski definition) is 0. The average molecular weight is 1120 g/mol. The zero-order chi connectivity index (χ0) is 54.4. The average Bonchev–Trinajstić information content (AvgIpc) is 4.04. The molecule has 0 saturated heterocycles. The molecule has 0 unspecified atom stereocenters. The van der Waals surface area contributed by atoms with Gasteiger partial charge in [-0.2, -0.15) is 41.6 Å². The maximum Gasteiger partial charge on any atom is 0.0920 e. The van der Waals surface area contributed by atoms with Crippen molar-refractivity contribution in [3.63, 3.8) is 0 Å². The molecule has 0 saturated carbocycles. The second-order valence-corrected chi connectivity index (χ2v) is 30.0. The van der Waals surface area contributed by atoms with Crippen LogP contribution in [-0.2, 0) is 44.5 Å². The molecule has 0 aliphatic carbocycles. The standard InChI is InChI=1S/2C29H39.C12H7Si.2ClH.Zr/c2*1-18(2)12-21-13-22-10-11-27(29(7,8)9)28(26(22)14-21)25-16-23(19(3)4)15-24(17-25)20(5)6;1-3-7-11-9(5-1)10-6-2-4-8-12(10)13-11;;;/h2*10-11,13-20H,12H2,1-9H3;1-7H;2*1H;/q3*-1;;;+2/p-2. The SMILES string of the molecule is CC(C)Cc1cc2c(-c3cc(C(C)C)cc(C(C)C)c3)c(C(C)(C)C)ccc2[cH-]1.CC(C)Cc1cc2c(-c3cc(C(C)C)cc(C(C)C)c3)c(C(C)(C)C)ccc2[cH-]1.[Cl][Zr][Cl].[c-]1cccc2c1[Si]c1ccccc1-2. The van der Waals surface area contributed by atoms with E-state index in [9.17, 15) is 0 Å². The Kier molecular flexibility index (Phi) is 20.6. The van der Waals surface area contributed by atoms with Gasteiger partial charge in [0, 0.05) is 0 Å². The van der Waals surface area contributed by atoms with Gasteiger partial charge in [-0.25, -0.2) is 0 Å². The molecule has 0 amide bonds. The van der Waals surface area contributed by atoms with Crippen molar-refractivity contribution in [2.24, 2.45) is 11.8 Å². The summed E-state index contributed by atoms with van der Waals surface area (Å²) in [5, 5.41) is 8.42. The van der Waals surface area contributed by atoms with Gasteiger partial charge in [0.05, 0.1) is 9.52 Å². The van der Waals surface area contributed by atoms with Crippen LogP contribution in [0.25, 0.3) is 54.9 Å². The molecule has 4 heteroatoms. The van der Waals surface area contributed by atoms with E-state index in [1.807, 2.05) is 6.07 Å². The zero-order valence-electron chi connectivity index (χ0n) is 48.3. The second-order valence-electron chi connectivity index (χ2n) is 25.0. The molecule has 0 nitrogen and oxygen atoms in total. The summed E-state index contributed by atoms with van der Waals surface area (Å²) in [4.78, 5) is 0. The fraction of sp³-hybridized carbons (Fsp3) is 0.400. The largest absolute Gasteiger partial charge is 0.184 e. The fourth-order valence-corrected chi connectivity index (χ4v) is 11.7. The molecule has 0 fully saturated rings. The molecule has 0 bridgehead atoms. The predicted molar refractivity (Wildman–Crippen MR) is 328 cm³/mol. The van der Waals surface area contributed by atoms with Crippen molar-refractivity contribution >= 4 is 58.5 Å². The fourth-order valence-electron chi connectivity index (χ4n) is 10.4. The van der Waals surface area contributed by atoms with Crippen LogP contribution in [0.3, 0.4) is 0 Å². The maximum absolute atomic E-state index is 4.93. The van der Waals surface area contributed by atoms with Crippen molar-refractivity contribution in [1.82, 2.24) is 0 Å². The summed E-state index contributed by atoms with van der Waals surface area (Å²) >= 11 is -0.826. The van der Waals surface area contributed by atoms with Crippen molar-refractivity contribution in [3.05, 3.63) is 178 Å². The Morgan fingerprint density at radius 2 is 0.865 bits per heavy atom. The Labute approximate surface area is 470 Å². The third kappa shape index (κ3) is 14.8. The first-order chi connectivity index (χ1) is 34.8. The van der Waals surface area contributed by atoms with Crippen LogP contribution in [0.5, 0.6) is 0 Å². The summed E-state index contributed by atoms with van der Waals surface area (Å²) in [6.45, 7) is 41.7. The molecule has 1 aliphatic heterocycles. The van der Waals surface area contributed by atoms with Gasteiger partial charge in [0.15, 0.2) is 0 Å². The van der Waals surface area contributed by atoms with Gasteiger partial charge in [0.1, 0.15) is 0 Å². The van der Waals surface area contributed by atoms with Crippen LogP contribution in [0.15, 0.2) is 127 Å². The van der Waals surface area contributed by atoms with E-state index in [2.05, 4.69) is 252 Å². The molecule has 2 radical (unpaired) electrons. The number of rotatable bonds is 10. The predicted octanol–water partition coefficient (Wildman–Crippen LogP) is 20.4. The van der Waals surface area contributed by atoms with Gasteiger partial charge in [-0.05, 0) is 92.6 Å². The molecule has 9 rings (SSSR count). The van der Waals surface area contributed by atoms with Gasteiger partial charge in [-0.1, -0.05) is 218 Å². The van der Waals surface area contributed by atoms with Crippen LogP contribution in [0.4, 0.5) is 0 Å². The van der Waals surface area contributed by atoms with Crippen LogP contribution in [0, 0.1) is 17.9 Å². The normalized spacial score (nSPS) is 12.3. The molecule has 8 aromatic carbocycles. The van der Waals surface area contributed by atoms with Gasteiger partial charge in [0.2, 0.25) is 0 Å². The van der Waals surface area contributed by atoms with E-state index in [-0.39, 0.29) is 10.8 Å². The van der Waals surface area contributed by atoms with Crippen LogP contribution in [0.2, 0.25) is 0 Å². The molecular formula is C70H85Cl2SiZr-3. The van der Waals surface area contributed by atoms with Crippen molar-refractivity contribution in [2.45, 2.75) is 172 Å². The number of fused-ring (bicyclic) bond motifs is 5. The molecule has 390 valence electrons. The van der Waals surface area contributed by atoms with Crippen molar-refractivity contribution in [3.8, 4) is 33.4 Å².